The summed E-state index contributed by atoms with van der Waals surface area (Å²) in [6.07, 6.45) is 1.19. The van der Waals surface area contributed by atoms with Crippen molar-refractivity contribution in [3.05, 3.63) is 30.3 Å². The number of benzene rings is 1. The van der Waals surface area contributed by atoms with E-state index < -0.39 is 0 Å². The molecule has 0 radical (unpaired) electrons. The molecule has 0 aliphatic heterocycles. The van der Waals surface area contributed by atoms with Gasteiger partial charge >= 0.3 is 0 Å². The molecule has 1 rings (SSSR count). The SMILES string of the molecule is CCNCCN(C)CC[C@H](CSc1ccccc1)NC. The van der Waals surface area contributed by atoms with Gasteiger partial charge in [0.25, 0.3) is 0 Å². The van der Waals surface area contributed by atoms with Crippen LogP contribution in [0.5, 0.6) is 0 Å². The molecule has 0 aromatic heterocycles. The van der Waals surface area contributed by atoms with Crippen LogP contribution in [0.15, 0.2) is 35.2 Å². The second kappa shape index (κ2) is 11.1. The van der Waals surface area contributed by atoms with E-state index in [1.54, 1.807) is 0 Å². The summed E-state index contributed by atoms with van der Waals surface area (Å²) in [5, 5.41) is 6.80. The molecule has 0 saturated heterocycles. The number of rotatable bonds is 11. The summed E-state index contributed by atoms with van der Waals surface area (Å²) < 4.78 is 0. The van der Waals surface area contributed by atoms with Gasteiger partial charge in [-0.25, -0.2) is 0 Å². The van der Waals surface area contributed by atoms with E-state index in [0.29, 0.717) is 6.04 Å². The van der Waals surface area contributed by atoms with Crippen molar-refractivity contribution < 1.29 is 0 Å². The molecular formula is C16H29N3S. The van der Waals surface area contributed by atoms with Gasteiger partial charge in [-0.1, -0.05) is 25.1 Å². The summed E-state index contributed by atoms with van der Waals surface area (Å²) >= 11 is 1.93. The number of hydrogen-bond donors (Lipinski definition) is 2. The lowest BCUT2D eigenvalue weighted by atomic mass is 10.2. The molecule has 4 heteroatoms. The van der Waals surface area contributed by atoms with Crippen molar-refractivity contribution in [2.45, 2.75) is 24.3 Å². The summed E-state index contributed by atoms with van der Waals surface area (Å²) in [4.78, 5) is 3.76. The van der Waals surface area contributed by atoms with E-state index in [1.807, 2.05) is 11.8 Å². The Morgan fingerprint density at radius 3 is 2.60 bits per heavy atom. The molecule has 0 heterocycles. The summed E-state index contributed by atoms with van der Waals surface area (Å²) in [6.45, 7) is 6.55. The van der Waals surface area contributed by atoms with Crippen LogP contribution in [0.3, 0.4) is 0 Å². The summed E-state index contributed by atoms with van der Waals surface area (Å²) in [7, 11) is 4.27. The quantitative estimate of drug-likeness (QED) is 0.484. The molecule has 0 fully saturated rings. The Balaban J connectivity index is 2.19. The van der Waals surface area contributed by atoms with Gasteiger partial charge in [-0.15, -0.1) is 11.8 Å². The summed E-state index contributed by atoms with van der Waals surface area (Å²) in [5.74, 6) is 1.13. The highest BCUT2D eigenvalue weighted by Crippen LogP contribution is 2.18. The van der Waals surface area contributed by atoms with Crippen LogP contribution in [-0.2, 0) is 0 Å². The number of nitrogens with zero attached hydrogens (tertiary/aromatic N) is 1. The van der Waals surface area contributed by atoms with E-state index >= 15 is 0 Å². The van der Waals surface area contributed by atoms with Crippen LogP contribution < -0.4 is 10.6 Å². The van der Waals surface area contributed by atoms with Crippen molar-refractivity contribution in [3.8, 4) is 0 Å². The van der Waals surface area contributed by atoms with Gasteiger partial charge in [-0.2, -0.15) is 0 Å². The normalized spacial score (nSPS) is 12.8. The summed E-state index contributed by atoms with van der Waals surface area (Å²) in [6, 6.07) is 11.2. The van der Waals surface area contributed by atoms with Gasteiger partial charge in [0.05, 0.1) is 0 Å². The maximum absolute atomic E-state index is 3.43. The zero-order valence-corrected chi connectivity index (χ0v) is 13.9. The first-order chi connectivity index (χ1) is 9.76. The van der Waals surface area contributed by atoms with Crippen LogP contribution in [0.1, 0.15) is 13.3 Å². The van der Waals surface area contributed by atoms with Crippen LogP contribution in [0.25, 0.3) is 0 Å². The van der Waals surface area contributed by atoms with Crippen molar-refractivity contribution in [1.29, 1.82) is 0 Å². The van der Waals surface area contributed by atoms with E-state index in [2.05, 4.69) is 66.9 Å². The molecule has 0 bridgehead atoms. The minimum Gasteiger partial charge on any atom is -0.316 e. The van der Waals surface area contributed by atoms with E-state index in [0.717, 1.165) is 31.9 Å². The smallest absolute Gasteiger partial charge is 0.0170 e. The predicted molar refractivity (Wildman–Crippen MR) is 90.7 cm³/mol. The average Bonchev–Trinajstić information content (AvgIpc) is 2.49. The van der Waals surface area contributed by atoms with E-state index in [1.165, 1.54) is 11.3 Å². The molecule has 0 unspecified atom stereocenters. The monoisotopic (exact) mass is 295 g/mol. The van der Waals surface area contributed by atoms with Gasteiger partial charge in [0.1, 0.15) is 0 Å². The van der Waals surface area contributed by atoms with Crippen LogP contribution in [0.2, 0.25) is 0 Å². The van der Waals surface area contributed by atoms with Crippen LogP contribution >= 0.6 is 11.8 Å². The van der Waals surface area contributed by atoms with Crippen molar-refractivity contribution in [1.82, 2.24) is 15.5 Å². The van der Waals surface area contributed by atoms with Gasteiger partial charge in [-0.3, -0.25) is 0 Å². The molecule has 20 heavy (non-hydrogen) atoms. The number of hydrogen-bond acceptors (Lipinski definition) is 4. The molecule has 0 aliphatic carbocycles. The standard InChI is InChI=1S/C16H29N3S/c1-4-18-11-13-19(3)12-10-15(17-2)14-20-16-8-6-5-7-9-16/h5-9,15,17-18H,4,10-14H2,1-3H3/t15-/m1/s1. The van der Waals surface area contributed by atoms with E-state index in [-0.39, 0.29) is 0 Å². The Morgan fingerprint density at radius 1 is 1.20 bits per heavy atom. The van der Waals surface area contributed by atoms with Gasteiger partial charge in [0.2, 0.25) is 0 Å². The number of thioether (sulfide) groups is 1. The van der Waals surface area contributed by atoms with Gasteiger partial charge in [0.15, 0.2) is 0 Å². The fourth-order valence-corrected chi connectivity index (χ4v) is 3.04. The molecule has 0 aliphatic rings. The lowest BCUT2D eigenvalue weighted by molar-refractivity contribution is 0.314. The van der Waals surface area contributed by atoms with Crippen LogP contribution in [0.4, 0.5) is 0 Å². The Kier molecular flexibility index (Phi) is 9.75. The van der Waals surface area contributed by atoms with Crippen LogP contribution in [0, 0.1) is 0 Å². The largest absolute Gasteiger partial charge is 0.316 e. The third kappa shape index (κ3) is 7.90. The predicted octanol–water partition coefficient (Wildman–Crippen LogP) is 2.30. The highest BCUT2D eigenvalue weighted by atomic mass is 32.2. The first-order valence-corrected chi connectivity index (χ1v) is 8.49. The Bertz CT molecular complexity index is 332. The van der Waals surface area contributed by atoms with Crippen molar-refractivity contribution in [3.63, 3.8) is 0 Å². The van der Waals surface area contributed by atoms with E-state index in [9.17, 15) is 0 Å². The third-order valence-corrected chi connectivity index (χ3v) is 4.56. The van der Waals surface area contributed by atoms with Crippen molar-refractivity contribution in [2.75, 3.05) is 46.0 Å². The zero-order chi connectivity index (χ0) is 14.6. The van der Waals surface area contributed by atoms with E-state index in [4.69, 9.17) is 0 Å². The minimum absolute atomic E-state index is 0.571. The molecular weight excluding hydrogens is 266 g/mol. The summed E-state index contributed by atoms with van der Waals surface area (Å²) in [5.41, 5.74) is 0. The molecule has 1 atom stereocenters. The molecule has 3 nitrogen and oxygen atoms in total. The first kappa shape index (κ1) is 17.5. The molecule has 0 saturated carbocycles. The fourth-order valence-electron chi connectivity index (χ4n) is 1.96. The molecule has 1 aromatic rings. The number of likely N-dealkylation sites (N-methyl/N-ethyl adjacent to an activating group) is 2. The molecule has 1 aromatic carbocycles. The number of nitrogens with one attached hydrogen (secondary N) is 2. The van der Waals surface area contributed by atoms with Crippen molar-refractivity contribution >= 4 is 11.8 Å². The molecule has 2 N–H and O–H groups in total. The minimum atomic E-state index is 0.571. The van der Waals surface area contributed by atoms with Gasteiger partial charge < -0.3 is 15.5 Å². The average molecular weight is 295 g/mol. The van der Waals surface area contributed by atoms with Crippen molar-refractivity contribution in [2.24, 2.45) is 0 Å². The Morgan fingerprint density at radius 2 is 1.95 bits per heavy atom. The molecule has 0 amide bonds. The maximum atomic E-state index is 3.43. The van der Waals surface area contributed by atoms with Gasteiger partial charge in [0, 0.05) is 29.8 Å². The highest BCUT2D eigenvalue weighted by molar-refractivity contribution is 7.99. The molecule has 0 spiro atoms. The lowest BCUT2D eigenvalue weighted by Crippen LogP contribution is -2.35. The molecule has 114 valence electrons. The Labute approximate surface area is 128 Å². The second-order valence-corrected chi connectivity index (χ2v) is 6.15. The van der Waals surface area contributed by atoms with Gasteiger partial charge in [-0.05, 0) is 45.7 Å². The second-order valence-electron chi connectivity index (χ2n) is 5.06. The fraction of sp³-hybridized carbons (Fsp3) is 0.625. The topological polar surface area (TPSA) is 27.3 Å². The maximum Gasteiger partial charge on any atom is 0.0170 e. The zero-order valence-electron chi connectivity index (χ0n) is 13.1. The Hall–Kier alpha value is -0.550. The third-order valence-electron chi connectivity index (χ3n) is 3.38. The van der Waals surface area contributed by atoms with Crippen LogP contribution in [-0.4, -0.2) is 57.0 Å². The first-order valence-electron chi connectivity index (χ1n) is 7.50. The highest BCUT2D eigenvalue weighted by Gasteiger charge is 2.08. The lowest BCUT2D eigenvalue weighted by Gasteiger charge is -2.21.